The second-order valence-electron chi connectivity index (χ2n) is 6.33. The van der Waals surface area contributed by atoms with Crippen molar-refractivity contribution in [3.63, 3.8) is 0 Å². The lowest BCUT2D eigenvalue weighted by atomic mass is 10.0. The van der Waals surface area contributed by atoms with Crippen LogP contribution in [0.5, 0.6) is 0 Å². The van der Waals surface area contributed by atoms with Crippen molar-refractivity contribution >= 4 is 43.9 Å². The molecule has 5 nitrogen and oxygen atoms in total. The molecular weight excluding hydrogens is 382 g/mol. The summed E-state index contributed by atoms with van der Waals surface area (Å²) >= 11 is 7.06. The molecule has 0 unspecified atom stereocenters. The molecule has 0 aromatic rings. The van der Waals surface area contributed by atoms with Crippen LogP contribution in [0.25, 0.3) is 0 Å². The molecule has 1 saturated carbocycles. The fourth-order valence-electron chi connectivity index (χ4n) is 2.49. The second kappa shape index (κ2) is 4.35. The van der Waals surface area contributed by atoms with E-state index in [9.17, 15) is 14.7 Å². The van der Waals surface area contributed by atoms with E-state index in [0.29, 0.717) is 13.0 Å². The zero-order valence-electron chi connectivity index (χ0n) is 11.1. The first-order valence-corrected chi connectivity index (χ1v) is 7.66. The van der Waals surface area contributed by atoms with Crippen LogP contribution in [-0.4, -0.2) is 43.5 Å². The molecule has 19 heavy (non-hydrogen) atoms. The molecule has 1 N–H and O–H groups in total. The average molecular weight is 399 g/mol. The van der Waals surface area contributed by atoms with Crippen molar-refractivity contribution in [1.82, 2.24) is 4.90 Å². The summed E-state index contributed by atoms with van der Waals surface area (Å²) in [5.74, 6) is -0.981. The summed E-state index contributed by atoms with van der Waals surface area (Å²) < 4.78 is 5.03. The maximum Gasteiger partial charge on any atom is 0.411 e. The number of hydrogen-bond acceptors (Lipinski definition) is 3. The normalized spacial score (nSPS) is 32.5. The van der Waals surface area contributed by atoms with Crippen molar-refractivity contribution in [2.24, 2.45) is 5.41 Å². The molecule has 7 heteroatoms. The molecular formula is C12H17Br2NO4. The van der Waals surface area contributed by atoms with E-state index in [0.717, 1.165) is 6.42 Å². The van der Waals surface area contributed by atoms with Gasteiger partial charge in [0, 0.05) is 12.0 Å². The average Bonchev–Trinajstić information content (AvgIpc) is 2.55. The zero-order valence-corrected chi connectivity index (χ0v) is 14.2. The lowest BCUT2D eigenvalue weighted by Gasteiger charge is -2.26. The monoisotopic (exact) mass is 397 g/mol. The van der Waals surface area contributed by atoms with E-state index in [1.54, 1.807) is 20.8 Å². The molecule has 0 aromatic heterocycles. The van der Waals surface area contributed by atoms with Crippen molar-refractivity contribution in [3.8, 4) is 0 Å². The van der Waals surface area contributed by atoms with E-state index in [4.69, 9.17) is 4.74 Å². The Balaban J connectivity index is 2.15. The number of hydrogen-bond donors (Lipinski definition) is 1. The standard InChI is InChI=1S/C12H17Br2NO4/c1-10(2,3)19-9(18)15-6-11(5-12(11,13)14)4-7(15)8(16)17/h7H,4-6H2,1-3H3,(H,16,17)/t7-,11-/m0/s1. The minimum Gasteiger partial charge on any atom is -0.480 e. The Kier molecular flexibility index (Phi) is 3.45. The number of likely N-dealkylation sites (tertiary alicyclic amines) is 1. The number of halogens is 2. The molecule has 2 aliphatic rings. The number of carbonyl (C=O) groups excluding carboxylic acids is 1. The fraction of sp³-hybridized carbons (Fsp3) is 0.833. The highest BCUT2D eigenvalue weighted by atomic mass is 79.9. The Morgan fingerprint density at radius 1 is 1.37 bits per heavy atom. The van der Waals surface area contributed by atoms with Gasteiger partial charge in [-0.2, -0.15) is 0 Å². The van der Waals surface area contributed by atoms with E-state index >= 15 is 0 Å². The third-order valence-corrected chi connectivity index (χ3v) is 5.80. The van der Waals surface area contributed by atoms with Gasteiger partial charge in [0.2, 0.25) is 0 Å². The van der Waals surface area contributed by atoms with E-state index in [2.05, 4.69) is 31.9 Å². The van der Waals surface area contributed by atoms with Crippen LogP contribution in [0.4, 0.5) is 4.79 Å². The topological polar surface area (TPSA) is 66.8 Å². The van der Waals surface area contributed by atoms with Gasteiger partial charge in [-0.25, -0.2) is 9.59 Å². The first-order valence-electron chi connectivity index (χ1n) is 6.08. The number of carbonyl (C=O) groups is 2. The van der Waals surface area contributed by atoms with Gasteiger partial charge in [-0.1, -0.05) is 31.9 Å². The molecule has 2 atom stereocenters. The quantitative estimate of drug-likeness (QED) is 0.689. The second-order valence-corrected chi connectivity index (χ2v) is 10.1. The number of nitrogens with zero attached hydrogens (tertiary/aromatic N) is 1. The van der Waals surface area contributed by atoms with Crippen LogP contribution in [0.2, 0.25) is 0 Å². The predicted octanol–water partition coefficient (Wildman–Crippen LogP) is 2.96. The fourth-order valence-corrected chi connectivity index (χ4v) is 4.14. The van der Waals surface area contributed by atoms with Crippen molar-refractivity contribution in [2.45, 2.75) is 48.5 Å². The first-order chi connectivity index (χ1) is 8.47. The molecule has 1 spiro atoms. The molecule has 0 radical (unpaired) electrons. The van der Waals surface area contributed by atoms with E-state index in [1.165, 1.54) is 4.90 Å². The number of aliphatic carboxylic acids is 1. The molecule has 0 aromatic carbocycles. The highest BCUT2D eigenvalue weighted by Gasteiger charge is 2.70. The van der Waals surface area contributed by atoms with Crippen molar-refractivity contribution < 1.29 is 19.4 Å². The molecule has 1 heterocycles. The van der Waals surface area contributed by atoms with Crippen LogP contribution in [0.3, 0.4) is 0 Å². The molecule has 108 valence electrons. The SMILES string of the molecule is CC(C)(C)OC(=O)N1C[C@]2(C[C@H]1C(=O)O)CC2(Br)Br. The Bertz CT molecular complexity index is 432. The zero-order chi connectivity index (χ0) is 14.6. The van der Waals surface area contributed by atoms with Crippen molar-refractivity contribution in [2.75, 3.05) is 6.54 Å². The molecule has 0 bridgehead atoms. The van der Waals surface area contributed by atoms with Gasteiger partial charge in [0.25, 0.3) is 0 Å². The third kappa shape index (κ3) is 2.77. The van der Waals surface area contributed by atoms with Gasteiger partial charge >= 0.3 is 12.1 Å². The highest BCUT2D eigenvalue weighted by Crippen LogP contribution is 2.71. The maximum atomic E-state index is 12.1. The number of alkyl halides is 2. The Labute approximate surface area is 128 Å². The third-order valence-electron chi connectivity index (χ3n) is 3.56. The summed E-state index contributed by atoms with van der Waals surface area (Å²) in [6.07, 6.45) is 0.695. The van der Waals surface area contributed by atoms with Crippen LogP contribution in [0, 0.1) is 5.41 Å². The molecule has 1 amide bonds. The van der Waals surface area contributed by atoms with E-state index in [-0.39, 0.29) is 8.65 Å². The minimum absolute atomic E-state index is 0.201. The van der Waals surface area contributed by atoms with Crippen LogP contribution >= 0.6 is 31.9 Å². The smallest absolute Gasteiger partial charge is 0.411 e. The Morgan fingerprint density at radius 2 is 1.89 bits per heavy atom. The number of amides is 1. The number of carboxylic acids is 1. The summed E-state index contributed by atoms with van der Waals surface area (Å²) in [7, 11) is 0. The van der Waals surface area contributed by atoms with Crippen LogP contribution < -0.4 is 0 Å². The van der Waals surface area contributed by atoms with Gasteiger partial charge in [0.15, 0.2) is 0 Å². The van der Waals surface area contributed by atoms with Crippen molar-refractivity contribution in [3.05, 3.63) is 0 Å². The van der Waals surface area contributed by atoms with Gasteiger partial charge < -0.3 is 9.84 Å². The van der Waals surface area contributed by atoms with Gasteiger partial charge in [-0.3, -0.25) is 4.90 Å². The largest absolute Gasteiger partial charge is 0.480 e. The van der Waals surface area contributed by atoms with Gasteiger partial charge in [0.05, 0.1) is 3.23 Å². The lowest BCUT2D eigenvalue weighted by molar-refractivity contribution is -0.142. The van der Waals surface area contributed by atoms with Crippen molar-refractivity contribution in [1.29, 1.82) is 0 Å². The molecule has 2 rings (SSSR count). The molecule has 2 fully saturated rings. The highest BCUT2D eigenvalue weighted by molar-refractivity contribution is 9.25. The van der Waals surface area contributed by atoms with Crippen LogP contribution in [0.1, 0.15) is 33.6 Å². The number of rotatable bonds is 1. The minimum atomic E-state index is -0.981. The summed E-state index contributed by atoms with van der Waals surface area (Å²) in [5.41, 5.74) is -0.827. The summed E-state index contributed by atoms with van der Waals surface area (Å²) in [4.78, 5) is 24.8. The van der Waals surface area contributed by atoms with Gasteiger partial charge in [-0.05, 0) is 33.6 Å². The van der Waals surface area contributed by atoms with Crippen LogP contribution in [-0.2, 0) is 9.53 Å². The number of ether oxygens (including phenoxy) is 1. The van der Waals surface area contributed by atoms with Gasteiger partial charge in [0.1, 0.15) is 11.6 Å². The Morgan fingerprint density at radius 3 is 2.26 bits per heavy atom. The van der Waals surface area contributed by atoms with Gasteiger partial charge in [-0.15, -0.1) is 0 Å². The van der Waals surface area contributed by atoms with Crippen LogP contribution in [0.15, 0.2) is 0 Å². The van der Waals surface area contributed by atoms with E-state index < -0.39 is 23.7 Å². The first kappa shape index (κ1) is 15.1. The summed E-state index contributed by atoms with van der Waals surface area (Å²) in [6, 6.07) is -0.813. The summed E-state index contributed by atoms with van der Waals surface area (Å²) in [5, 5.41) is 9.28. The Hall–Kier alpha value is -0.300. The molecule has 1 saturated heterocycles. The maximum absolute atomic E-state index is 12.1. The molecule has 1 aliphatic carbocycles. The predicted molar refractivity (Wildman–Crippen MR) is 76.6 cm³/mol. The van der Waals surface area contributed by atoms with E-state index in [1.807, 2.05) is 0 Å². The molecule has 1 aliphatic heterocycles. The lowest BCUT2D eigenvalue weighted by Crippen LogP contribution is -2.43. The number of carboxylic acid groups (broad SMARTS) is 1. The summed E-state index contributed by atoms with van der Waals surface area (Å²) in [6.45, 7) is 5.70.